The monoisotopic (exact) mass is 457 g/mol. The maximum atomic E-state index is 13.3. The van der Waals surface area contributed by atoms with Gasteiger partial charge < -0.3 is 14.6 Å². The second-order valence-corrected chi connectivity index (χ2v) is 7.17. The molecule has 0 unspecified atom stereocenters. The van der Waals surface area contributed by atoms with E-state index in [1.54, 1.807) is 44.2 Å². The minimum absolute atomic E-state index is 0.113. The van der Waals surface area contributed by atoms with Crippen LogP contribution in [0.1, 0.15) is 19.4 Å². The van der Waals surface area contributed by atoms with E-state index in [0.717, 1.165) is 4.47 Å². The van der Waals surface area contributed by atoms with Gasteiger partial charge in [0.25, 0.3) is 5.91 Å². The molecular weight excluding hydrogens is 438 g/mol. The number of aromatic hydroxyl groups is 1. The summed E-state index contributed by atoms with van der Waals surface area (Å²) in [5.74, 6) is -0.812. The molecule has 2 aromatic carbocycles. The fourth-order valence-electron chi connectivity index (χ4n) is 3.16. The molecule has 0 spiro atoms. The molecule has 1 aliphatic rings. The van der Waals surface area contributed by atoms with Crippen molar-refractivity contribution >= 4 is 39.6 Å². The zero-order valence-corrected chi connectivity index (χ0v) is 17.8. The zero-order valence-electron chi connectivity index (χ0n) is 16.2. The van der Waals surface area contributed by atoms with Gasteiger partial charge in [0.2, 0.25) is 0 Å². The van der Waals surface area contributed by atoms with Crippen LogP contribution in [0.5, 0.6) is 11.5 Å². The lowest BCUT2D eigenvalue weighted by Gasteiger charge is -2.18. The van der Waals surface area contributed by atoms with Crippen LogP contribution in [0.25, 0.3) is 6.08 Å². The van der Waals surface area contributed by atoms with E-state index in [1.807, 2.05) is 12.1 Å². The van der Waals surface area contributed by atoms with Gasteiger partial charge >= 0.3 is 5.97 Å². The summed E-state index contributed by atoms with van der Waals surface area (Å²) >= 11 is 3.38. The van der Waals surface area contributed by atoms with Gasteiger partial charge in [0, 0.05) is 21.4 Å². The van der Waals surface area contributed by atoms with Gasteiger partial charge in [-0.3, -0.25) is 9.69 Å². The Hall–Kier alpha value is -3.06. The van der Waals surface area contributed by atoms with Crippen molar-refractivity contribution in [1.82, 2.24) is 0 Å². The maximum Gasteiger partial charge on any atom is 0.340 e. The van der Waals surface area contributed by atoms with E-state index >= 15 is 0 Å². The van der Waals surface area contributed by atoms with Gasteiger partial charge in [0.1, 0.15) is 0 Å². The van der Waals surface area contributed by atoms with E-state index in [4.69, 9.17) is 9.47 Å². The molecule has 3 rings (SSSR count). The second kappa shape index (κ2) is 8.53. The lowest BCUT2D eigenvalue weighted by atomic mass is 10.0. The van der Waals surface area contributed by atoms with Crippen molar-refractivity contribution < 1.29 is 24.2 Å². The average molecular weight is 458 g/mol. The molecule has 1 N–H and O–H groups in total. The van der Waals surface area contributed by atoms with Crippen molar-refractivity contribution in [3.8, 4) is 11.5 Å². The minimum Gasteiger partial charge on any atom is -0.504 e. The fourth-order valence-corrected chi connectivity index (χ4v) is 3.42. The molecule has 1 amide bonds. The number of para-hydroxylation sites is 1. The number of hydrogen-bond acceptors (Lipinski definition) is 5. The predicted molar refractivity (Wildman–Crippen MR) is 114 cm³/mol. The third kappa shape index (κ3) is 3.91. The summed E-state index contributed by atoms with van der Waals surface area (Å²) < 4.78 is 11.2. The lowest BCUT2D eigenvalue weighted by Crippen LogP contribution is -2.24. The molecule has 1 aliphatic heterocycles. The number of carbonyl (C=O) groups excluding carboxylic acids is 2. The van der Waals surface area contributed by atoms with Crippen LogP contribution in [0.3, 0.4) is 0 Å². The number of allylic oxidation sites excluding steroid dienone is 1. The molecule has 6 nitrogen and oxygen atoms in total. The second-order valence-electron chi connectivity index (χ2n) is 6.25. The summed E-state index contributed by atoms with van der Waals surface area (Å²) in [5.41, 5.74) is 1.76. The van der Waals surface area contributed by atoms with E-state index in [0.29, 0.717) is 16.9 Å². The van der Waals surface area contributed by atoms with Gasteiger partial charge in [-0.25, -0.2) is 4.79 Å². The number of ether oxygens (including phenoxy) is 2. The first-order valence-corrected chi connectivity index (χ1v) is 9.74. The van der Waals surface area contributed by atoms with Crippen molar-refractivity contribution in [2.75, 3.05) is 18.6 Å². The van der Waals surface area contributed by atoms with Crippen LogP contribution in [0.2, 0.25) is 0 Å². The Labute approximate surface area is 177 Å². The van der Waals surface area contributed by atoms with Gasteiger partial charge in [-0.05, 0) is 50.3 Å². The smallest absolute Gasteiger partial charge is 0.340 e. The van der Waals surface area contributed by atoms with Crippen molar-refractivity contribution in [3.63, 3.8) is 0 Å². The van der Waals surface area contributed by atoms with E-state index in [9.17, 15) is 14.7 Å². The van der Waals surface area contributed by atoms with E-state index in [1.165, 1.54) is 18.1 Å². The molecule has 0 saturated carbocycles. The molecule has 0 aromatic heterocycles. The fraction of sp³-hybridized carbons (Fsp3) is 0.182. The van der Waals surface area contributed by atoms with Crippen molar-refractivity contribution in [2.45, 2.75) is 13.8 Å². The number of amides is 1. The van der Waals surface area contributed by atoms with Crippen LogP contribution in [-0.2, 0) is 14.3 Å². The number of benzene rings is 2. The normalized spacial score (nSPS) is 15.2. The maximum absolute atomic E-state index is 13.3. The summed E-state index contributed by atoms with van der Waals surface area (Å²) in [6.07, 6.45) is 1.48. The van der Waals surface area contributed by atoms with E-state index in [2.05, 4.69) is 15.9 Å². The number of hydrogen-bond donors (Lipinski definition) is 1. The van der Waals surface area contributed by atoms with Crippen LogP contribution in [0, 0.1) is 0 Å². The van der Waals surface area contributed by atoms with Gasteiger partial charge in [0.05, 0.1) is 24.9 Å². The molecule has 150 valence electrons. The zero-order chi connectivity index (χ0) is 21.1. The molecule has 7 heteroatoms. The Morgan fingerprint density at radius 3 is 2.52 bits per heavy atom. The number of esters is 1. The molecule has 0 fully saturated rings. The Bertz CT molecular complexity index is 1020. The summed E-state index contributed by atoms with van der Waals surface area (Å²) in [5, 5.41) is 10.4. The quantitative estimate of drug-likeness (QED) is 0.530. The number of halogens is 1. The molecule has 0 aliphatic carbocycles. The highest BCUT2D eigenvalue weighted by molar-refractivity contribution is 9.10. The highest BCUT2D eigenvalue weighted by Crippen LogP contribution is 2.38. The van der Waals surface area contributed by atoms with Crippen LogP contribution in [0.15, 0.2) is 63.8 Å². The summed E-state index contributed by atoms with van der Waals surface area (Å²) in [6.45, 7) is 3.58. The Morgan fingerprint density at radius 2 is 1.90 bits per heavy atom. The number of methoxy groups -OCH3 is 1. The van der Waals surface area contributed by atoms with Gasteiger partial charge in [0.15, 0.2) is 11.5 Å². The molecule has 2 aromatic rings. The average Bonchev–Trinajstić information content (AvgIpc) is 2.94. The predicted octanol–water partition coefficient (Wildman–Crippen LogP) is 4.43. The molecule has 1 heterocycles. The Balaban J connectivity index is 2.16. The van der Waals surface area contributed by atoms with E-state index in [-0.39, 0.29) is 35.2 Å². The first-order chi connectivity index (χ1) is 13.9. The number of anilines is 1. The summed E-state index contributed by atoms with van der Waals surface area (Å²) in [7, 11) is 1.44. The van der Waals surface area contributed by atoms with Crippen LogP contribution < -0.4 is 9.64 Å². The van der Waals surface area contributed by atoms with Gasteiger partial charge in [-0.15, -0.1) is 0 Å². The van der Waals surface area contributed by atoms with Crippen LogP contribution in [-0.4, -0.2) is 30.7 Å². The summed E-state index contributed by atoms with van der Waals surface area (Å²) in [6, 6.07) is 12.1. The standard InChI is InChI=1S/C22H20BrNO5/c1-4-29-22(27)19-13(2)24(16-10-8-15(23)9-11-16)21(26)17(19)12-14-6-5-7-18(28-3)20(14)25/h5-12,25H,4H2,1-3H3/b17-12-. The topological polar surface area (TPSA) is 76.1 Å². The van der Waals surface area contributed by atoms with E-state index < -0.39 is 5.97 Å². The van der Waals surface area contributed by atoms with Gasteiger partial charge in [-0.2, -0.15) is 0 Å². The highest BCUT2D eigenvalue weighted by atomic mass is 79.9. The number of nitrogens with zero attached hydrogens (tertiary/aromatic N) is 1. The number of carbonyl (C=O) groups is 2. The summed E-state index contributed by atoms with van der Waals surface area (Å²) in [4.78, 5) is 27.4. The first kappa shape index (κ1) is 20.7. The van der Waals surface area contributed by atoms with Crippen molar-refractivity contribution in [2.24, 2.45) is 0 Å². The molecular formula is C22H20BrNO5. The number of phenolic OH excluding ortho intramolecular Hbond substituents is 1. The third-order valence-corrected chi connectivity index (χ3v) is 5.04. The minimum atomic E-state index is -0.591. The largest absolute Gasteiger partial charge is 0.504 e. The molecule has 29 heavy (non-hydrogen) atoms. The third-order valence-electron chi connectivity index (χ3n) is 4.51. The Kier molecular flexibility index (Phi) is 6.08. The van der Waals surface area contributed by atoms with Crippen molar-refractivity contribution in [3.05, 3.63) is 69.3 Å². The molecule has 0 bridgehead atoms. The molecule has 0 saturated heterocycles. The lowest BCUT2D eigenvalue weighted by molar-refractivity contribution is -0.138. The number of rotatable bonds is 5. The SMILES string of the molecule is CCOC(=O)C1=C(C)N(c2ccc(Br)cc2)C(=O)/C1=C\c1cccc(OC)c1O. The number of phenols is 1. The molecule has 0 radical (unpaired) electrons. The Morgan fingerprint density at radius 1 is 1.21 bits per heavy atom. The van der Waals surface area contributed by atoms with Gasteiger partial charge in [-0.1, -0.05) is 28.1 Å². The highest BCUT2D eigenvalue weighted by Gasteiger charge is 2.38. The molecule has 0 atom stereocenters. The first-order valence-electron chi connectivity index (χ1n) is 8.95. The van der Waals surface area contributed by atoms with Crippen LogP contribution in [0.4, 0.5) is 5.69 Å². The van der Waals surface area contributed by atoms with Crippen molar-refractivity contribution in [1.29, 1.82) is 0 Å². The van der Waals surface area contributed by atoms with Crippen LogP contribution >= 0.6 is 15.9 Å².